The van der Waals surface area contributed by atoms with E-state index in [4.69, 9.17) is 11.6 Å². The Kier molecular flexibility index (Phi) is 2.27. The number of hydrogen-bond donors (Lipinski definition) is 2. The van der Waals surface area contributed by atoms with Crippen molar-refractivity contribution < 1.29 is 8.78 Å². The van der Waals surface area contributed by atoms with Crippen LogP contribution in [0.25, 0.3) is 0 Å². The van der Waals surface area contributed by atoms with E-state index in [-0.39, 0.29) is 0 Å². The second kappa shape index (κ2) is 3.06. The SMILES string of the molecule is O=c1[nH]c(Cl)c(C(F)F)c(=O)[nH]1. The lowest BCUT2D eigenvalue weighted by Crippen LogP contribution is -2.25. The van der Waals surface area contributed by atoms with Crippen molar-refractivity contribution in [3.05, 3.63) is 31.6 Å². The molecule has 0 saturated carbocycles. The van der Waals surface area contributed by atoms with Gasteiger partial charge >= 0.3 is 5.69 Å². The Labute approximate surface area is 69.2 Å². The molecule has 0 unspecified atom stereocenters. The highest BCUT2D eigenvalue weighted by Crippen LogP contribution is 2.19. The fraction of sp³-hybridized carbons (Fsp3) is 0.200. The van der Waals surface area contributed by atoms with Crippen LogP contribution in [-0.2, 0) is 0 Å². The number of H-pyrrole nitrogens is 2. The molecule has 0 saturated heterocycles. The number of halogens is 3. The summed E-state index contributed by atoms with van der Waals surface area (Å²) in [6.45, 7) is 0. The van der Waals surface area contributed by atoms with E-state index >= 15 is 0 Å². The van der Waals surface area contributed by atoms with Gasteiger partial charge in [0.05, 0.1) is 0 Å². The number of aromatic amines is 2. The van der Waals surface area contributed by atoms with E-state index in [2.05, 4.69) is 0 Å². The highest BCUT2D eigenvalue weighted by Gasteiger charge is 2.17. The molecule has 0 spiro atoms. The molecule has 7 heteroatoms. The first kappa shape index (κ1) is 8.92. The van der Waals surface area contributed by atoms with Gasteiger partial charge in [-0.15, -0.1) is 0 Å². The minimum Gasteiger partial charge on any atom is -0.297 e. The maximum Gasteiger partial charge on any atom is 0.326 e. The third-order valence-electron chi connectivity index (χ3n) is 1.15. The molecule has 0 bridgehead atoms. The van der Waals surface area contributed by atoms with Crippen molar-refractivity contribution in [2.24, 2.45) is 0 Å². The summed E-state index contributed by atoms with van der Waals surface area (Å²) in [5, 5.41) is -0.626. The minimum absolute atomic E-state index is 0.626. The van der Waals surface area contributed by atoms with Crippen molar-refractivity contribution in [2.45, 2.75) is 6.43 Å². The number of hydrogen-bond acceptors (Lipinski definition) is 2. The molecule has 4 nitrogen and oxygen atoms in total. The third kappa shape index (κ3) is 1.53. The Morgan fingerprint density at radius 2 is 1.83 bits per heavy atom. The molecule has 1 heterocycles. The zero-order valence-corrected chi connectivity index (χ0v) is 6.28. The van der Waals surface area contributed by atoms with Crippen LogP contribution >= 0.6 is 11.6 Å². The predicted octanol–water partition coefficient (Wildman–Crippen LogP) is 0.654. The van der Waals surface area contributed by atoms with Crippen molar-refractivity contribution in [1.82, 2.24) is 9.97 Å². The summed E-state index contributed by atoms with van der Waals surface area (Å²) in [5.74, 6) is 0. The molecule has 66 valence electrons. The van der Waals surface area contributed by atoms with E-state index in [0.29, 0.717) is 0 Å². The molecule has 2 N–H and O–H groups in total. The zero-order chi connectivity index (χ0) is 9.30. The van der Waals surface area contributed by atoms with Crippen LogP contribution < -0.4 is 11.2 Å². The van der Waals surface area contributed by atoms with Crippen molar-refractivity contribution in [3.63, 3.8) is 0 Å². The van der Waals surface area contributed by atoms with Gasteiger partial charge in [-0.2, -0.15) is 0 Å². The van der Waals surface area contributed by atoms with Gasteiger partial charge in [-0.05, 0) is 0 Å². The standard InChI is InChI=1S/C5H3ClF2N2O2/c6-2-1(3(7)8)4(11)10-5(12)9-2/h3H,(H2,9,10,11,12). The molecule has 0 aliphatic rings. The molecule has 0 aromatic carbocycles. The fourth-order valence-electron chi connectivity index (χ4n) is 0.663. The first-order valence-electron chi connectivity index (χ1n) is 2.82. The molecule has 0 fully saturated rings. The van der Waals surface area contributed by atoms with Crippen molar-refractivity contribution in [2.75, 3.05) is 0 Å². The maximum absolute atomic E-state index is 12.0. The first-order valence-corrected chi connectivity index (χ1v) is 3.20. The highest BCUT2D eigenvalue weighted by molar-refractivity contribution is 6.30. The molecule has 0 amide bonds. The average Bonchev–Trinajstić information content (AvgIpc) is 1.82. The minimum atomic E-state index is -3.00. The van der Waals surface area contributed by atoms with Gasteiger partial charge in [0.2, 0.25) is 0 Å². The lowest BCUT2D eigenvalue weighted by atomic mass is 10.3. The Hall–Kier alpha value is -1.17. The van der Waals surface area contributed by atoms with Gasteiger partial charge in [0.1, 0.15) is 10.7 Å². The van der Waals surface area contributed by atoms with Crippen LogP contribution in [0.1, 0.15) is 12.0 Å². The van der Waals surface area contributed by atoms with Gasteiger partial charge in [0.15, 0.2) is 0 Å². The molecule has 0 aliphatic carbocycles. The van der Waals surface area contributed by atoms with E-state index in [0.717, 1.165) is 0 Å². The number of alkyl halides is 2. The van der Waals surface area contributed by atoms with Gasteiger partial charge in [-0.1, -0.05) is 11.6 Å². The first-order chi connectivity index (χ1) is 5.52. The van der Waals surface area contributed by atoms with E-state index in [9.17, 15) is 18.4 Å². The summed E-state index contributed by atoms with van der Waals surface area (Å²) in [7, 11) is 0. The summed E-state index contributed by atoms with van der Waals surface area (Å²) >= 11 is 5.17. The Morgan fingerprint density at radius 1 is 1.25 bits per heavy atom. The quantitative estimate of drug-likeness (QED) is 0.648. The number of nitrogens with one attached hydrogen (secondary N) is 2. The molecule has 0 atom stereocenters. The second-order valence-corrected chi connectivity index (χ2v) is 2.31. The van der Waals surface area contributed by atoms with E-state index in [1.165, 1.54) is 0 Å². The number of aromatic nitrogens is 2. The normalized spacial score (nSPS) is 10.7. The molecule has 1 aromatic rings. The topological polar surface area (TPSA) is 65.7 Å². The Balaban J connectivity index is 3.49. The highest BCUT2D eigenvalue weighted by atomic mass is 35.5. The summed E-state index contributed by atoms with van der Waals surface area (Å²) in [6.07, 6.45) is -3.00. The van der Waals surface area contributed by atoms with Gasteiger partial charge in [-0.25, -0.2) is 13.6 Å². The molecule has 1 rings (SSSR count). The molecule has 0 radical (unpaired) electrons. The Morgan fingerprint density at radius 3 is 2.25 bits per heavy atom. The second-order valence-electron chi connectivity index (χ2n) is 1.94. The third-order valence-corrected chi connectivity index (χ3v) is 1.45. The van der Waals surface area contributed by atoms with Crippen LogP contribution in [0.2, 0.25) is 5.15 Å². The number of rotatable bonds is 1. The van der Waals surface area contributed by atoms with Crippen molar-refractivity contribution >= 4 is 11.6 Å². The van der Waals surface area contributed by atoms with Crippen molar-refractivity contribution in [3.8, 4) is 0 Å². The predicted molar refractivity (Wildman–Crippen MR) is 37.7 cm³/mol. The van der Waals surface area contributed by atoms with Gasteiger partial charge in [0, 0.05) is 0 Å². The summed E-state index contributed by atoms with van der Waals surface area (Å²) in [6, 6.07) is 0. The monoisotopic (exact) mass is 196 g/mol. The van der Waals surface area contributed by atoms with Crippen LogP contribution in [0, 0.1) is 0 Å². The van der Waals surface area contributed by atoms with Crippen LogP contribution in [-0.4, -0.2) is 9.97 Å². The van der Waals surface area contributed by atoms with E-state index in [1.54, 1.807) is 4.98 Å². The van der Waals surface area contributed by atoms with Crippen LogP contribution in [0.3, 0.4) is 0 Å². The molecule has 0 aliphatic heterocycles. The smallest absolute Gasteiger partial charge is 0.297 e. The van der Waals surface area contributed by atoms with Gasteiger partial charge < -0.3 is 0 Å². The zero-order valence-electron chi connectivity index (χ0n) is 5.53. The summed E-state index contributed by atoms with van der Waals surface area (Å²) < 4.78 is 24.0. The van der Waals surface area contributed by atoms with E-state index < -0.39 is 28.4 Å². The van der Waals surface area contributed by atoms with Crippen LogP contribution in [0.4, 0.5) is 8.78 Å². The molecular formula is C5H3ClF2N2O2. The fourth-order valence-corrected chi connectivity index (χ4v) is 0.917. The Bertz CT molecular complexity index is 397. The lowest BCUT2D eigenvalue weighted by molar-refractivity contribution is 0.149. The van der Waals surface area contributed by atoms with Crippen LogP contribution in [0.5, 0.6) is 0 Å². The summed E-state index contributed by atoms with van der Waals surface area (Å²) in [5.41, 5.74) is -3.00. The van der Waals surface area contributed by atoms with Crippen LogP contribution in [0.15, 0.2) is 9.59 Å². The molecule has 12 heavy (non-hydrogen) atoms. The molecular weight excluding hydrogens is 194 g/mol. The summed E-state index contributed by atoms with van der Waals surface area (Å²) in [4.78, 5) is 24.6. The largest absolute Gasteiger partial charge is 0.326 e. The van der Waals surface area contributed by atoms with Gasteiger partial charge in [0.25, 0.3) is 12.0 Å². The maximum atomic E-state index is 12.0. The van der Waals surface area contributed by atoms with E-state index in [1.807, 2.05) is 4.98 Å². The average molecular weight is 197 g/mol. The molecule has 1 aromatic heterocycles. The van der Waals surface area contributed by atoms with Gasteiger partial charge in [-0.3, -0.25) is 14.8 Å². The lowest BCUT2D eigenvalue weighted by Gasteiger charge is -1.98. The van der Waals surface area contributed by atoms with Crippen molar-refractivity contribution in [1.29, 1.82) is 0 Å².